The summed E-state index contributed by atoms with van der Waals surface area (Å²) >= 11 is 3.33. The molecule has 0 heterocycles. The van der Waals surface area contributed by atoms with Crippen LogP contribution in [0.5, 0.6) is 5.75 Å². The molecule has 1 atom stereocenters. The van der Waals surface area contributed by atoms with Crippen LogP contribution in [0.15, 0.2) is 46.9 Å². The molecule has 0 radical (unpaired) electrons. The molecule has 1 unspecified atom stereocenters. The second-order valence-corrected chi connectivity index (χ2v) is 5.30. The predicted molar refractivity (Wildman–Crippen MR) is 82.0 cm³/mol. The Bertz CT molecular complexity index is 604. The van der Waals surface area contributed by atoms with Crippen LogP contribution in [0.3, 0.4) is 0 Å². The van der Waals surface area contributed by atoms with Crippen molar-refractivity contribution in [3.8, 4) is 5.75 Å². The number of ether oxygens (including phenoxy) is 2. The number of methoxy groups -OCH3 is 1. The van der Waals surface area contributed by atoms with Crippen LogP contribution < -0.4 is 4.74 Å². The summed E-state index contributed by atoms with van der Waals surface area (Å²) in [7, 11) is 1.59. The van der Waals surface area contributed by atoms with Gasteiger partial charge in [-0.3, -0.25) is 0 Å². The van der Waals surface area contributed by atoms with E-state index in [1.165, 1.54) is 12.1 Å². The quantitative estimate of drug-likeness (QED) is 0.804. The second kappa shape index (κ2) is 7.54. The van der Waals surface area contributed by atoms with E-state index in [-0.39, 0.29) is 0 Å². The molecule has 0 spiro atoms. The van der Waals surface area contributed by atoms with Gasteiger partial charge in [-0.15, -0.1) is 0 Å². The highest BCUT2D eigenvalue weighted by molar-refractivity contribution is 9.10. The molecule has 0 aromatic heterocycles. The van der Waals surface area contributed by atoms with Gasteiger partial charge < -0.3 is 14.6 Å². The largest absolute Gasteiger partial charge is 0.491 e. The fourth-order valence-electron chi connectivity index (χ4n) is 1.96. The van der Waals surface area contributed by atoms with Crippen LogP contribution in [-0.2, 0) is 4.74 Å². The van der Waals surface area contributed by atoms with E-state index in [0.29, 0.717) is 34.6 Å². The Labute approximate surface area is 131 Å². The lowest BCUT2D eigenvalue weighted by Gasteiger charge is -2.17. The van der Waals surface area contributed by atoms with Gasteiger partial charge in [0, 0.05) is 22.7 Å². The van der Waals surface area contributed by atoms with Gasteiger partial charge in [0.2, 0.25) is 0 Å². The van der Waals surface area contributed by atoms with Gasteiger partial charge in [0.05, 0.1) is 6.61 Å². The van der Waals surface area contributed by atoms with E-state index in [2.05, 4.69) is 15.9 Å². The standard InChI is InChI=1S/C16H16BrFO3/c1-20-8-9-21-15-5-3-2-4-12(15)16(19)13-10-11(18)6-7-14(13)17/h2-7,10,16,19H,8-9H2,1H3. The summed E-state index contributed by atoms with van der Waals surface area (Å²) in [6.07, 6.45) is -0.978. The molecule has 0 aliphatic carbocycles. The Hall–Kier alpha value is -1.43. The predicted octanol–water partition coefficient (Wildman–Crippen LogP) is 3.70. The molecule has 1 N–H and O–H groups in total. The average molecular weight is 355 g/mol. The van der Waals surface area contributed by atoms with Crippen molar-refractivity contribution in [3.63, 3.8) is 0 Å². The highest BCUT2D eigenvalue weighted by Crippen LogP contribution is 2.33. The number of hydrogen-bond donors (Lipinski definition) is 1. The third-order valence-corrected chi connectivity index (χ3v) is 3.73. The third-order valence-electron chi connectivity index (χ3n) is 3.01. The van der Waals surface area contributed by atoms with E-state index in [0.717, 1.165) is 0 Å². The summed E-state index contributed by atoms with van der Waals surface area (Å²) in [5.41, 5.74) is 1.04. The van der Waals surface area contributed by atoms with Crippen molar-refractivity contribution >= 4 is 15.9 Å². The molecule has 0 aliphatic heterocycles. The summed E-state index contributed by atoms with van der Waals surface area (Å²) < 4.78 is 24.6. The zero-order valence-corrected chi connectivity index (χ0v) is 13.1. The normalized spacial score (nSPS) is 12.2. The van der Waals surface area contributed by atoms with Gasteiger partial charge >= 0.3 is 0 Å². The summed E-state index contributed by atoms with van der Waals surface area (Å²) in [5, 5.41) is 10.5. The smallest absolute Gasteiger partial charge is 0.125 e. The zero-order valence-electron chi connectivity index (χ0n) is 11.6. The van der Waals surface area contributed by atoms with Gasteiger partial charge in [-0.25, -0.2) is 4.39 Å². The van der Waals surface area contributed by atoms with Gasteiger partial charge in [-0.05, 0) is 24.3 Å². The number of aliphatic hydroxyl groups excluding tert-OH is 1. The molecule has 3 nitrogen and oxygen atoms in total. The zero-order chi connectivity index (χ0) is 15.2. The van der Waals surface area contributed by atoms with Crippen molar-refractivity contribution in [2.45, 2.75) is 6.10 Å². The molecule has 112 valence electrons. The first-order chi connectivity index (χ1) is 10.1. The van der Waals surface area contributed by atoms with Crippen molar-refractivity contribution in [2.75, 3.05) is 20.3 Å². The van der Waals surface area contributed by atoms with E-state index in [4.69, 9.17) is 9.47 Å². The molecule has 21 heavy (non-hydrogen) atoms. The van der Waals surface area contributed by atoms with Crippen molar-refractivity contribution in [1.82, 2.24) is 0 Å². The van der Waals surface area contributed by atoms with Gasteiger partial charge in [0.25, 0.3) is 0 Å². The van der Waals surface area contributed by atoms with E-state index in [1.54, 1.807) is 31.4 Å². The fourth-order valence-corrected chi connectivity index (χ4v) is 2.43. The number of aliphatic hydroxyl groups is 1. The Morgan fingerprint density at radius 1 is 1.14 bits per heavy atom. The van der Waals surface area contributed by atoms with Crippen LogP contribution in [0.25, 0.3) is 0 Å². The maximum Gasteiger partial charge on any atom is 0.125 e. The van der Waals surface area contributed by atoms with E-state index in [1.807, 2.05) is 6.07 Å². The highest BCUT2D eigenvalue weighted by atomic mass is 79.9. The molecular weight excluding hydrogens is 339 g/mol. The first-order valence-electron chi connectivity index (χ1n) is 6.47. The van der Waals surface area contributed by atoms with E-state index >= 15 is 0 Å². The SMILES string of the molecule is COCCOc1ccccc1C(O)c1cc(F)ccc1Br. The van der Waals surface area contributed by atoms with Crippen LogP contribution in [0, 0.1) is 5.82 Å². The minimum atomic E-state index is -0.978. The Kier molecular flexibility index (Phi) is 5.73. The lowest BCUT2D eigenvalue weighted by atomic mass is 10.0. The number of halogens is 2. The van der Waals surface area contributed by atoms with Crippen molar-refractivity contribution in [2.24, 2.45) is 0 Å². The van der Waals surface area contributed by atoms with Crippen LogP contribution in [0.2, 0.25) is 0 Å². The van der Waals surface area contributed by atoms with Gasteiger partial charge in [0.15, 0.2) is 0 Å². The fraction of sp³-hybridized carbons (Fsp3) is 0.250. The first kappa shape index (κ1) is 15.9. The molecule has 2 aromatic rings. The van der Waals surface area contributed by atoms with Crippen LogP contribution in [0.4, 0.5) is 4.39 Å². The lowest BCUT2D eigenvalue weighted by Crippen LogP contribution is -2.09. The highest BCUT2D eigenvalue weighted by Gasteiger charge is 2.18. The monoisotopic (exact) mass is 354 g/mol. The third kappa shape index (κ3) is 4.03. The molecule has 2 aromatic carbocycles. The number of benzene rings is 2. The Balaban J connectivity index is 2.30. The molecule has 0 saturated heterocycles. The summed E-state index contributed by atoms with van der Waals surface area (Å²) in [5.74, 6) is 0.156. The van der Waals surface area contributed by atoms with Gasteiger partial charge in [0.1, 0.15) is 24.3 Å². The molecule has 0 amide bonds. The molecule has 0 aliphatic rings. The van der Waals surface area contributed by atoms with Crippen LogP contribution in [0.1, 0.15) is 17.2 Å². The van der Waals surface area contributed by atoms with Crippen molar-refractivity contribution in [3.05, 3.63) is 63.9 Å². The molecule has 5 heteroatoms. The Morgan fingerprint density at radius 2 is 1.90 bits per heavy atom. The van der Waals surface area contributed by atoms with Gasteiger partial charge in [-0.1, -0.05) is 34.1 Å². The van der Waals surface area contributed by atoms with Crippen molar-refractivity contribution in [1.29, 1.82) is 0 Å². The maximum atomic E-state index is 13.4. The van der Waals surface area contributed by atoms with Crippen LogP contribution >= 0.6 is 15.9 Å². The molecule has 0 bridgehead atoms. The minimum Gasteiger partial charge on any atom is -0.491 e. The summed E-state index contributed by atoms with van der Waals surface area (Å²) in [6, 6.07) is 11.4. The molecule has 0 fully saturated rings. The Morgan fingerprint density at radius 3 is 2.67 bits per heavy atom. The van der Waals surface area contributed by atoms with Gasteiger partial charge in [-0.2, -0.15) is 0 Å². The number of rotatable bonds is 6. The van der Waals surface area contributed by atoms with Crippen LogP contribution in [-0.4, -0.2) is 25.4 Å². The topological polar surface area (TPSA) is 38.7 Å². The lowest BCUT2D eigenvalue weighted by molar-refractivity contribution is 0.142. The number of hydrogen-bond acceptors (Lipinski definition) is 3. The van der Waals surface area contributed by atoms with E-state index < -0.39 is 11.9 Å². The molecule has 2 rings (SSSR count). The maximum absolute atomic E-state index is 13.4. The van der Waals surface area contributed by atoms with Crippen molar-refractivity contribution < 1.29 is 19.0 Å². The summed E-state index contributed by atoms with van der Waals surface area (Å²) in [6.45, 7) is 0.832. The second-order valence-electron chi connectivity index (χ2n) is 4.45. The minimum absolute atomic E-state index is 0.380. The molecular formula is C16H16BrFO3. The first-order valence-corrected chi connectivity index (χ1v) is 7.26. The van der Waals surface area contributed by atoms with E-state index in [9.17, 15) is 9.50 Å². The number of para-hydroxylation sites is 1. The molecule has 0 saturated carbocycles. The average Bonchev–Trinajstić information content (AvgIpc) is 2.50. The summed E-state index contributed by atoms with van der Waals surface area (Å²) in [4.78, 5) is 0.